The summed E-state index contributed by atoms with van der Waals surface area (Å²) < 4.78 is 0. The highest BCUT2D eigenvalue weighted by Gasteiger charge is 2.14. The molecule has 0 fully saturated rings. The van der Waals surface area contributed by atoms with Crippen LogP contribution < -0.4 is 0 Å². The van der Waals surface area contributed by atoms with Crippen LogP contribution in [0.1, 0.15) is 11.3 Å². The standard InChI is InChI=1S/C10H8N2/c1-2-7-4-5-9-10(7)8(3-1)11-6-12-9/h1-3,6H,4-5H2. The minimum absolute atomic E-state index is 1.08. The molecule has 0 spiro atoms. The number of hydrogen-bond acceptors (Lipinski definition) is 2. The van der Waals surface area contributed by atoms with Crippen LogP contribution in [-0.4, -0.2) is 9.97 Å². The van der Waals surface area contributed by atoms with Crippen molar-refractivity contribution in [3.63, 3.8) is 0 Å². The molecule has 0 aliphatic heterocycles. The van der Waals surface area contributed by atoms with Gasteiger partial charge >= 0.3 is 0 Å². The van der Waals surface area contributed by atoms with Gasteiger partial charge < -0.3 is 0 Å². The number of nitrogens with zero attached hydrogens (tertiary/aromatic N) is 2. The molecular weight excluding hydrogens is 148 g/mol. The van der Waals surface area contributed by atoms with Gasteiger partial charge in [-0.15, -0.1) is 0 Å². The zero-order valence-corrected chi connectivity index (χ0v) is 6.62. The largest absolute Gasteiger partial charge is 0.241 e. The van der Waals surface area contributed by atoms with Gasteiger partial charge in [0.05, 0.1) is 11.2 Å². The van der Waals surface area contributed by atoms with Crippen molar-refractivity contribution in [1.82, 2.24) is 9.97 Å². The zero-order chi connectivity index (χ0) is 7.97. The van der Waals surface area contributed by atoms with E-state index in [1.807, 2.05) is 0 Å². The second kappa shape index (κ2) is 2.03. The van der Waals surface area contributed by atoms with Crippen LogP contribution in [0, 0.1) is 0 Å². The highest BCUT2D eigenvalue weighted by Crippen LogP contribution is 2.26. The Morgan fingerprint density at radius 2 is 2.08 bits per heavy atom. The van der Waals surface area contributed by atoms with E-state index in [9.17, 15) is 0 Å². The summed E-state index contributed by atoms with van der Waals surface area (Å²) in [6, 6.07) is 6.29. The Labute approximate surface area is 70.3 Å². The Morgan fingerprint density at radius 1 is 1.08 bits per heavy atom. The number of rotatable bonds is 0. The summed E-state index contributed by atoms with van der Waals surface area (Å²) in [5, 5.41) is 1.29. The molecular formula is C10H8N2. The van der Waals surface area contributed by atoms with Crippen LogP contribution in [0.2, 0.25) is 0 Å². The fraction of sp³-hybridized carbons (Fsp3) is 0.200. The van der Waals surface area contributed by atoms with Gasteiger partial charge in [0, 0.05) is 5.39 Å². The monoisotopic (exact) mass is 156 g/mol. The third-order valence-corrected chi connectivity index (χ3v) is 2.46. The smallest absolute Gasteiger partial charge is 0.116 e. The van der Waals surface area contributed by atoms with E-state index in [0.717, 1.165) is 18.4 Å². The lowest BCUT2D eigenvalue weighted by atomic mass is 10.1. The van der Waals surface area contributed by atoms with E-state index >= 15 is 0 Å². The zero-order valence-electron chi connectivity index (χ0n) is 6.62. The molecule has 2 heteroatoms. The molecule has 0 N–H and O–H groups in total. The molecule has 0 bridgehead atoms. The molecule has 3 rings (SSSR count). The quantitative estimate of drug-likeness (QED) is 0.580. The van der Waals surface area contributed by atoms with Gasteiger partial charge in [0.15, 0.2) is 0 Å². The molecule has 2 nitrogen and oxygen atoms in total. The minimum Gasteiger partial charge on any atom is -0.241 e. The van der Waals surface area contributed by atoms with E-state index < -0.39 is 0 Å². The van der Waals surface area contributed by atoms with E-state index in [4.69, 9.17) is 0 Å². The topological polar surface area (TPSA) is 25.8 Å². The van der Waals surface area contributed by atoms with E-state index in [0.29, 0.717) is 0 Å². The predicted octanol–water partition coefficient (Wildman–Crippen LogP) is 1.73. The fourth-order valence-electron chi connectivity index (χ4n) is 1.90. The Bertz CT molecular complexity index is 410. The van der Waals surface area contributed by atoms with Gasteiger partial charge in [0.1, 0.15) is 6.33 Å². The van der Waals surface area contributed by atoms with Crippen molar-refractivity contribution in [3.05, 3.63) is 35.8 Å². The average molecular weight is 156 g/mol. The lowest BCUT2D eigenvalue weighted by molar-refractivity contribution is 0.971. The van der Waals surface area contributed by atoms with E-state index in [2.05, 4.69) is 28.2 Å². The van der Waals surface area contributed by atoms with Crippen molar-refractivity contribution in [2.24, 2.45) is 0 Å². The minimum atomic E-state index is 1.08. The lowest BCUT2D eigenvalue weighted by Gasteiger charge is -1.97. The second-order valence-corrected chi connectivity index (χ2v) is 3.13. The molecule has 1 aromatic carbocycles. The van der Waals surface area contributed by atoms with Crippen molar-refractivity contribution in [2.75, 3.05) is 0 Å². The molecule has 1 heterocycles. The van der Waals surface area contributed by atoms with Crippen LogP contribution in [0.25, 0.3) is 10.9 Å². The summed E-state index contributed by atoms with van der Waals surface area (Å²) in [7, 11) is 0. The van der Waals surface area contributed by atoms with Crippen molar-refractivity contribution in [1.29, 1.82) is 0 Å². The molecule has 1 aliphatic rings. The molecule has 0 radical (unpaired) electrons. The maximum Gasteiger partial charge on any atom is 0.116 e. The first-order valence-corrected chi connectivity index (χ1v) is 4.16. The van der Waals surface area contributed by atoms with E-state index in [1.165, 1.54) is 16.6 Å². The highest BCUT2D eigenvalue weighted by molar-refractivity contribution is 5.86. The van der Waals surface area contributed by atoms with Crippen LogP contribution in [0.4, 0.5) is 0 Å². The average Bonchev–Trinajstić information content (AvgIpc) is 2.52. The molecule has 0 atom stereocenters. The summed E-state index contributed by atoms with van der Waals surface area (Å²) in [5.74, 6) is 0. The third-order valence-electron chi connectivity index (χ3n) is 2.46. The first-order valence-electron chi connectivity index (χ1n) is 4.16. The Morgan fingerprint density at radius 3 is 3.08 bits per heavy atom. The van der Waals surface area contributed by atoms with Gasteiger partial charge in [-0.2, -0.15) is 0 Å². The molecule has 1 aromatic heterocycles. The van der Waals surface area contributed by atoms with Crippen molar-refractivity contribution < 1.29 is 0 Å². The van der Waals surface area contributed by atoms with Gasteiger partial charge in [0.25, 0.3) is 0 Å². The number of aryl methyl sites for hydroxylation is 2. The maximum absolute atomic E-state index is 4.27. The first-order chi connectivity index (χ1) is 5.95. The lowest BCUT2D eigenvalue weighted by Crippen LogP contribution is -1.86. The van der Waals surface area contributed by atoms with Crippen LogP contribution in [0.5, 0.6) is 0 Å². The van der Waals surface area contributed by atoms with Crippen LogP contribution >= 0.6 is 0 Å². The van der Waals surface area contributed by atoms with Crippen molar-refractivity contribution in [3.8, 4) is 0 Å². The fourth-order valence-corrected chi connectivity index (χ4v) is 1.90. The van der Waals surface area contributed by atoms with Crippen LogP contribution in [0.3, 0.4) is 0 Å². The molecule has 12 heavy (non-hydrogen) atoms. The van der Waals surface area contributed by atoms with Gasteiger partial charge in [0.2, 0.25) is 0 Å². The van der Waals surface area contributed by atoms with Crippen molar-refractivity contribution >= 4 is 10.9 Å². The van der Waals surface area contributed by atoms with Crippen LogP contribution in [-0.2, 0) is 12.8 Å². The highest BCUT2D eigenvalue weighted by atomic mass is 14.8. The Balaban J connectivity index is 2.58. The number of benzene rings is 1. The van der Waals surface area contributed by atoms with Gasteiger partial charge in [-0.05, 0) is 24.5 Å². The van der Waals surface area contributed by atoms with Crippen molar-refractivity contribution in [2.45, 2.75) is 12.8 Å². The Kier molecular flexibility index (Phi) is 1.04. The number of hydrogen-bond donors (Lipinski definition) is 0. The molecule has 0 saturated heterocycles. The Hall–Kier alpha value is -1.44. The molecule has 0 amide bonds. The SMILES string of the molecule is c1cc2c3c(ncnc3c1)CC2. The molecule has 0 unspecified atom stereocenters. The molecule has 2 aromatic rings. The molecule has 0 saturated carbocycles. The first kappa shape index (κ1) is 6.12. The summed E-state index contributed by atoms with van der Waals surface area (Å²) in [4.78, 5) is 8.50. The molecule has 58 valence electrons. The number of aromatic nitrogens is 2. The normalized spacial score (nSPS) is 14.0. The summed E-state index contributed by atoms with van der Waals surface area (Å²) in [6.07, 6.45) is 3.87. The maximum atomic E-state index is 4.27. The van der Waals surface area contributed by atoms with Gasteiger partial charge in [-0.1, -0.05) is 12.1 Å². The second-order valence-electron chi connectivity index (χ2n) is 3.13. The molecule has 1 aliphatic carbocycles. The summed E-state index contributed by atoms with van der Waals surface area (Å²) in [5.41, 5.74) is 3.72. The van der Waals surface area contributed by atoms with E-state index in [-0.39, 0.29) is 0 Å². The third kappa shape index (κ3) is 0.644. The predicted molar refractivity (Wildman–Crippen MR) is 46.9 cm³/mol. The summed E-state index contributed by atoms with van der Waals surface area (Å²) >= 11 is 0. The van der Waals surface area contributed by atoms with Crippen LogP contribution in [0.15, 0.2) is 24.5 Å². The van der Waals surface area contributed by atoms with E-state index in [1.54, 1.807) is 6.33 Å². The van der Waals surface area contributed by atoms with Gasteiger partial charge in [-0.25, -0.2) is 9.97 Å². The van der Waals surface area contributed by atoms with Gasteiger partial charge in [-0.3, -0.25) is 0 Å². The summed E-state index contributed by atoms with van der Waals surface area (Å²) in [6.45, 7) is 0.